The molecule has 3 aromatic rings. The summed E-state index contributed by atoms with van der Waals surface area (Å²) in [6.07, 6.45) is -0.0775. The predicted molar refractivity (Wildman–Crippen MR) is 117 cm³/mol. The quantitative estimate of drug-likeness (QED) is 0.453. The fourth-order valence-electron chi connectivity index (χ4n) is 2.70. The normalized spacial score (nSPS) is 14.9. The van der Waals surface area contributed by atoms with Gasteiger partial charge in [0, 0.05) is 16.6 Å². The number of benzene rings is 2. The van der Waals surface area contributed by atoms with Gasteiger partial charge in [-0.3, -0.25) is 14.1 Å². The van der Waals surface area contributed by atoms with Crippen molar-refractivity contribution in [2.45, 2.75) is 31.3 Å². The molecule has 0 bridgehead atoms. The van der Waals surface area contributed by atoms with Crippen LogP contribution in [0.25, 0.3) is 10.9 Å². The second-order valence-electron chi connectivity index (χ2n) is 6.67. The second kappa shape index (κ2) is 8.53. The first-order valence-corrected chi connectivity index (χ1v) is 12.4. The topological polar surface area (TPSA) is 126 Å². The summed E-state index contributed by atoms with van der Waals surface area (Å²) in [5.74, 6) is 0. The molecule has 2 unspecified atom stereocenters. The molecule has 0 amide bonds. The first-order chi connectivity index (χ1) is 14.0. The summed E-state index contributed by atoms with van der Waals surface area (Å²) < 4.78 is 45.8. The number of anilines is 1. The summed E-state index contributed by atoms with van der Waals surface area (Å²) in [7, 11) is -8.48. The smallest absolute Gasteiger partial charge is 0.321 e. The summed E-state index contributed by atoms with van der Waals surface area (Å²) >= 11 is 6.15. The first kappa shape index (κ1) is 22.5. The van der Waals surface area contributed by atoms with Crippen molar-refractivity contribution >= 4 is 51.1 Å². The number of nitrogens with one attached hydrogen (secondary N) is 2. The number of hydrogen-bond acceptors (Lipinski definition) is 5. The van der Waals surface area contributed by atoms with Crippen LogP contribution in [-0.2, 0) is 19.1 Å². The average Bonchev–Trinajstić information content (AvgIpc) is 2.66. The Morgan fingerprint density at radius 3 is 2.53 bits per heavy atom. The molecule has 0 aliphatic heterocycles. The van der Waals surface area contributed by atoms with Crippen LogP contribution in [0.5, 0.6) is 0 Å². The van der Waals surface area contributed by atoms with Gasteiger partial charge in [0.2, 0.25) is 0 Å². The maximum Gasteiger partial charge on any atom is 0.364 e. The maximum atomic E-state index is 12.8. The fourth-order valence-corrected chi connectivity index (χ4v) is 5.69. The summed E-state index contributed by atoms with van der Waals surface area (Å²) in [4.78, 5) is 24.8. The van der Waals surface area contributed by atoms with E-state index in [-0.39, 0.29) is 20.8 Å². The van der Waals surface area contributed by atoms with Crippen molar-refractivity contribution in [2.24, 2.45) is 0 Å². The van der Waals surface area contributed by atoms with Crippen LogP contribution in [0.1, 0.15) is 20.3 Å². The van der Waals surface area contributed by atoms with Gasteiger partial charge < -0.3 is 14.4 Å². The molecule has 0 saturated heterocycles. The molecule has 0 radical (unpaired) electrons. The minimum atomic E-state index is -4.42. The highest BCUT2D eigenvalue weighted by Gasteiger charge is 2.29. The van der Waals surface area contributed by atoms with E-state index in [0.29, 0.717) is 12.1 Å². The van der Waals surface area contributed by atoms with Gasteiger partial charge in [0.15, 0.2) is 0 Å². The minimum Gasteiger partial charge on any atom is -0.321 e. The Morgan fingerprint density at radius 2 is 1.90 bits per heavy atom. The maximum absolute atomic E-state index is 12.8. The summed E-state index contributed by atoms with van der Waals surface area (Å²) in [6.45, 7) is 3.38. The molecule has 0 aliphatic carbocycles. The van der Waals surface area contributed by atoms with Gasteiger partial charge in [-0.1, -0.05) is 36.7 Å². The van der Waals surface area contributed by atoms with Gasteiger partial charge in [0.05, 0.1) is 11.1 Å². The van der Waals surface area contributed by atoms with Crippen LogP contribution >= 0.6 is 19.2 Å². The molecule has 3 N–H and O–H groups in total. The molecule has 1 aromatic heterocycles. The number of aromatic nitrogens is 1. The van der Waals surface area contributed by atoms with E-state index in [2.05, 4.69) is 9.71 Å². The Bertz CT molecular complexity index is 1290. The van der Waals surface area contributed by atoms with Gasteiger partial charge in [-0.2, -0.15) is 0 Å². The van der Waals surface area contributed by atoms with Gasteiger partial charge >= 0.3 is 7.60 Å². The Kier molecular flexibility index (Phi) is 6.40. The van der Waals surface area contributed by atoms with Crippen LogP contribution in [0.4, 0.5) is 5.69 Å². The van der Waals surface area contributed by atoms with Crippen LogP contribution in [0, 0.1) is 0 Å². The van der Waals surface area contributed by atoms with Crippen molar-refractivity contribution in [3.8, 4) is 0 Å². The zero-order valence-corrected chi connectivity index (χ0v) is 18.6. The third-order valence-corrected chi connectivity index (χ3v) is 7.83. The molecule has 2 aromatic carbocycles. The average molecular weight is 471 g/mol. The number of aromatic amines is 1. The molecule has 0 fully saturated rings. The molecular formula is C19H20ClN2O6PS. The second-order valence-corrected chi connectivity index (χ2v) is 10.5. The van der Waals surface area contributed by atoms with E-state index in [1.54, 1.807) is 44.2 Å². The van der Waals surface area contributed by atoms with Crippen LogP contribution < -0.4 is 15.6 Å². The van der Waals surface area contributed by atoms with Crippen molar-refractivity contribution < 1.29 is 22.4 Å². The number of fused-ring (bicyclic) bond motifs is 1. The highest BCUT2D eigenvalue weighted by molar-refractivity contribution is 7.92. The van der Waals surface area contributed by atoms with Gasteiger partial charge in [0.1, 0.15) is 10.2 Å². The highest BCUT2D eigenvalue weighted by Crippen LogP contribution is 2.42. The zero-order valence-electron chi connectivity index (χ0n) is 16.1. The number of rotatable bonds is 7. The molecule has 3 rings (SSSR count). The molecule has 160 valence electrons. The number of para-hydroxylation sites is 1. The van der Waals surface area contributed by atoms with Crippen LogP contribution in [0.15, 0.2) is 58.2 Å². The molecule has 1 heterocycles. The van der Waals surface area contributed by atoms with Crippen molar-refractivity contribution in [2.75, 3.05) is 4.72 Å². The highest BCUT2D eigenvalue weighted by atomic mass is 35.5. The summed E-state index contributed by atoms with van der Waals surface area (Å²) in [5, 5.41) is -0.376. The lowest BCUT2D eigenvalue weighted by atomic mass is 10.2. The number of sulfonamides is 1. The van der Waals surface area contributed by atoms with Crippen LogP contribution in [0.2, 0.25) is 5.02 Å². The number of H-pyrrole nitrogens is 1. The Labute approximate surface area is 178 Å². The molecule has 8 nitrogen and oxygen atoms in total. The molecule has 2 atom stereocenters. The van der Waals surface area contributed by atoms with Crippen LogP contribution in [0.3, 0.4) is 0 Å². The third-order valence-electron chi connectivity index (χ3n) is 4.39. The standard InChI is InChI=1S/C19H20ClN2O6PS/c1-3-12(2)28-29(24,25)17-9-13-10-18(15(20)11-16(13)21-19(17)23)30(26,27)22-14-7-5-4-6-8-14/h4-12,22H,3H2,1-2H3,(H,21,23)(H,24,25). The van der Waals surface area contributed by atoms with E-state index in [1.165, 1.54) is 12.1 Å². The summed E-state index contributed by atoms with van der Waals surface area (Å²) in [6, 6.07) is 11.9. The Balaban J connectivity index is 2.11. The lowest BCUT2D eigenvalue weighted by molar-refractivity contribution is 0.192. The molecule has 30 heavy (non-hydrogen) atoms. The lowest BCUT2D eigenvalue weighted by Gasteiger charge is -2.17. The molecule has 11 heteroatoms. The number of halogens is 1. The molecule has 0 saturated carbocycles. The zero-order chi connectivity index (χ0) is 22.1. The molecule has 0 spiro atoms. The van der Waals surface area contributed by atoms with E-state index in [0.717, 1.165) is 6.07 Å². The third kappa shape index (κ3) is 4.77. The van der Waals surface area contributed by atoms with Gasteiger partial charge in [-0.25, -0.2) is 8.42 Å². The first-order valence-electron chi connectivity index (χ1n) is 8.99. The fraction of sp³-hybridized carbons (Fsp3) is 0.211. The lowest BCUT2D eigenvalue weighted by Crippen LogP contribution is -2.29. The van der Waals surface area contributed by atoms with E-state index in [1.807, 2.05) is 0 Å². The molecular weight excluding hydrogens is 451 g/mol. The van der Waals surface area contributed by atoms with Crippen molar-refractivity contribution in [3.05, 3.63) is 63.9 Å². The van der Waals surface area contributed by atoms with Gasteiger partial charge in [0.25, 0.3) is 15.6 Å². The van der Waals surface area contributed by atoms with Crippen LogP contribution in [-0.4, -0.2) is 24.4 Å². The van der Waals surface area contributed by atoms with Crippen molar-refractivity contribution in [1.29, 1.82) is 0 Å². The van der Waals surface area contributed by atoms with E-state index in [4.69, 9.17) is 16.1 Å². The SMILES string of the molecule is CCC(C)OP(=O)(O)c1cc2cc(S(=O)(=O)Nc3ccccc3)c(Cl)cc2[nH]c1=O. The Morgan fingerprint density at radius 1 is 1.23 bits per heavy atom. The minimum absolute atomic E-state index is 0.114. The summed E-state index contributed by atoms with van der Waals surface area (Å²) in [5.41, 5.74) is -0.251. The van der Waals surface area contributed by atoms with E-state index in [9.17, 15) is 22.7 Å². The van der Waals surface area contributed by atoms with Crippen molar-refractivity contribution in [1.82, 2.24) is 4.98 Å². The molecule has 0 aliphatic rings. The Hall–Kier alpha value is -2.16. The van der Waals surface area contributed by atoms with Crippen molar-refractivity contribution in [3.63, 3.8) is 0 Å². The van der Waals surface area contributed by atoms with E-state index < -0.39 is 34.6 Å². The monoisotopic (exact) mass is 470 g/mol. The predicted octanol–water partition coefficient (Wildman–Crippen LogP) is 3.61. The van der Waals surface area contributed by atoms with E-state index >= 15 is 0 Å². The van der Waals surface area contributed by atoms with Gasteiger partial charge in [-0.05, 0) is 43.7 Å². The number of pyridine rings is 1. The number of hydrogen-bond donors (Lipinski definition) is 3. The van der Waals surface area contributed by atoms with Gasteiger partial charge in [-0.15, -0.1) is 0 Å². The largest absolute Gasteiger partial charge is 0.364 e.